The van der Waals surface area contributed by atoms with Crippen molar-refractivity contribution in [2.75, 3.05) is 37.2 Å². The molecule has 8 nitrogen and oxygen atoms in total. The maximum Gasteiger partial charge on any atom is 0.241 e. The molecule has 1 aliphatic rings. The molecule has 0 saturated carbocycles. The van der Waals surface area contributed by atoms with Gasteiger partial charge in [-0.05, 0) is 25.4 Å². The molecule has 2 aromatic heterocycles. The normalized spacial score (nSPS) is 19.0. The van der Waals surface area contributed by atoms with Crippen LogP contribution >= 0.6 is 0 Å². The third-order valence-corrected chi connectivity index (χ3v) is 3.74. The largest absolute Gasteiger partial charge is 0.368 e. The van der Waals surface area contributed by atoms with E-state index in [1.165, 1.54) is 13.0 Å². The van der Waals surface area contributed by atoms with E-state index in [0.29, 0.717) is 17.8 Å². The third-order valence-electron chi connectivity index (χ3n) is 3.74. The molecule has 0 spiro atoms. The molecular formula is C13H20N8. The summed E-state index contributed by atoms with van der Waals surface area (Å²) in [4.78, 5) is 19.1. The predicted octanol–water partition coefficient (Wildman–Crippen LogP) is 0.393. The van der Waals surface area contributed by atoms with Crippen molar-refractivity contribution >= 4 is 11.9 Å². The van der Waals surface area contributed by atoms with Crippen molar-refractivity contribution in [1.29, 1.82) is 0 Å². The fraction of sp³-hybridized carbons (Fsp3) is 0.538. The summed E-state index contributed by atoms with van der Waals surface area (Å²) in [7, 11) is 0. The Morgan fingerprint density at radius 2 is 2.29 bits per heavy atom. The zero-order chi connectivity index (χ0) is 14.7. The Hall–Kier alpha value is -2.22. The van der Waals surface area contributed by atoms with Gasteiger partial charge in [-0.25, -0.2) is 4.98 Å². The van der Waals surface area contributed by atoms with E-state index < -0.39 is 0 Å². The number of hydrogen-bond acceptors (Lipinski definition) is 7. The fourth-order valence-electron chi connectivity index (χ4n) is 2.55. The maximum absolute atomic E-state index is 5.75. The van der Waals surface area contributed by atoms with Gasteiger partial charge in [-0.2, -0.15) is 15.0 Å². The second-order valence-electron chi connectivity index (χ2n) is 5.22. The molecule has 3 rings (SSSR count). The van der Waals surface area contributed by atoms with Gasteiger partial charge < -0.3 is 16.0 Å². The average Bonchev–Trinajstić information content (AvgIpc) is 3.16. The predicted molar refractivity (Wildman–Crippen MR) is 80.1 cm³/mol. The molecular weight excluding hydrogens is 268 g/mol. The summed E-state index contributed by atoms with van der Waals surface area (Å²) in [5.41, 5.74) is 5.75. The SMILES string of the molecule is CCN1CCC(CNc2nc(N)nc(-n3ccnc3)n2)C1. The Morgan fingerprint density at radius 3 is 3.00 bits per heavy atom. The standard InChI is InChI=1S/C13H20N8/c1-2-20-5-3-10(8-20)7-16-12-17-11(14)18-13(19-12)21-6-4-15-9-21/h4,6,9-10H,2-3,5,7-8H2,1H3,(H3,14,16,17,18,19). The minimum absolute atomic E-state index is 0.206. The molecule has 8 heteroatoms. The van der Waals surface area contributed by atoms with Crippen molar-refractivity contribution in [3.63, 3.8) is 0 Å². The minimum atomic E-state index is 0.206. The van der Waals surface area contributed by atoms with E-state index in [1.54, 1.807) is 23.3 Å². The molecule has 3 heterocycles. The van der Waals surface area contributed by atoms with E-state index in [9.17, 15) is 0 Å². The van der Waals surface area contributed by atoms with Crippen LogP contribution in [0.15, 0.2) is 18.7 Å². The fourth-order valence-corrected chi connectivity index (χ4v) is 2.55. The van der Waals surface area contributed by atoms with E-state index in [1.807, 2.05) is 0 Å². The Balaban J connectivity index is 1.66. The van der Waals surface area contributed by atoms with E-state index in [4.69, 9.17) is 5.73 Å². The van der Waals surface area contributed by atoms with E-state index in [2.05, 4.69) is 37.1 Å². The second-order valence-corrected chi connectivity index (χ2v) is 5.22. The highest BCUT2D eigenvalue weighted by Crippen LogP contribution is 2.16. The van der Waals surface area contributed by atoms with E-state index in [-0.39, 0.29) is 5.95 Å². The first-order chi connectivity index (χ1) is 10.2. The van der Waals surface area contributed by atoms with E-state index >= 15 is 0 Å². The van der Waals surface area contributed by atoms with Crippen molar-refractivity contribution in [3.8, 4) is 5.95 Å². The molecule has 0 aromatic carbocycles. The van der Waals surface area contributed by atoms with E-state index in [0.717, 1.165) is 19.6 Å². The second kappa shape index (κ2) is 6.04. The summed E-state index contributed by atoms with van der Waals surface area (Å²) in [6.45, 7) is 6.45. The molecule has 0 bridgehead atoms. The summed E-state index contributed by atoms with van der Waals surface area (Å²) < 4.78 is 1.71. The molecule has 112 valence electrons. The van der Waals surface area contributed by atoms with Crippen LogP contribution in [0.1, 0.15) is 13.3 Å². The molecule has 0 radical (unpaired) electrons. The molecule has 1 saturated heterocycles. The number of nitrogen functional groups attached to an aromatic ring is 1. The highest BCUT2D eigenvalue weighted by Gasteiger charge is 2.21. The van der Waals surface area contributed by atoms with Crippen LogP contribution in [0.25, 0.3) is 5.95 Å². The number of imidazole rings is 1. The van der Waals surface area contributed by atoms with Crippen LogP contribution in [0.5, 0.6) is 0 Å². The molecule has 1 fully saturated rings. The number of nitrogens with one attached hydrogen (secondary N) is 1. The zero-order valence-electron chi connectivity index (χ0n) is 12.1. The summed E-state index contributed by atoms with van der Waals surface area (Å²) in [5, 5.41) is 3.27. The summed E-state index contributed by atoms with van der Waals surface area (Å²) in [5.74, 6) is 1.82. The van der Waals surface area contributed by atoms with Crippen molar-refractivity contribution < 1.29 is 0 Å². The van der Waals surface area contributed by atoms with Crippen molar-refractivity contribution in [3.05, 3.63) is 18.7 Å². The van der Waals surface area contributed by atoms with Crippen LogP contribution in [-0.2, 0) is 0 Å². The van der Waals surface area contributed by atoms with Crippen LogP contribution in [0.4, 0.5) is 11.9 Å². The summed E-state index contributed by atoms with van der Waals surface area (Å²) in [6, 6.07) is 0. The zero-order valence-corrected chi connectivity index (χ0v) is 12.1. The number of rotatable bonds is 5. The smallest absolute Gasteiger partial charge is 0.241 e. The van der Waals surface area contributed by atoms with Gasteiger partial charge in [0.15, 0.2) is 0 Å². The Kier molecular flexibility index (Phi) is 3.96. The first-order valence-corrected chi connectivity index (χ1v) is 7.20. The third kappa shape index (κ3) is 3.27. The quantitative estimate of drug-likeness (QED) is 0.821. The van der Waals surface area contributed by atoms with Gasteiger partial charge in [-0.1, -0.05) is 6.92 Å². The lowest BCUT2D eigenvalue weighted by Gasteiger charge is -2.14. The highest BCUT2D eigenvalue weighted by atomic mass is 15.3. The van der Waals surface area contributed by atoms with Crippen LogP contribution in [0, 0.1) is 5.92 Å². The molecule has 1 unspecified atom stereocenters. The molecule has 21 heavy (non-hydrogen) atoms. The Bertz CT molecular complexity index is 582. The number of aromatic nitrogens is 5. The molecule has 3 N–H and O–H groups in total. The number of nitrogens with two attached hydrogens (primary N) is 1. The van der Waals surface area contributed by atoms with Gasteiger partial charge in [0.2, 0.25) is 17.8 Å². The van der Waals surface area contributed by atoms with Crippen LogP contribution in [-0.4, -0.2) is 55.6 Å². The maximum atomic E-state index is 5.75. The lowest BCUT2D eigenvalue weighted by atomic mass is 10.1. The average molecular weight is 288 g/mol. The molecule has 2 aromatic rings. The minimum Gasteiger partial charge on any atom is -0.368 e. The molecule has 1 aliphatic heterocycles. The first-order valence-electron chi connectivity index (χ1n) is 7.20. The van der Waals surface area contributed by atoms with Gasteiger partial charge in [0.1, 0.15) is 6.33 Å². The van der Waals surface area contributed by atoms with Crippen molar-refractivity contribution in [2.24, 2.45) is 5.92 Å². The van der Waals surface area contributed by atoms with Crippen LogP contribution < -0.4 is 11.1 Å². The van der Waals surface area contributed by atoms with Crippen LogP contribution in [0.2, 0.25) is 0 Å². The Labute approximate surface area is 123 Å². The number of likely N-dealkylation sites (tertiary alicyclic amines) is 1. The monoisotopic (exact) mass is 288 g/mol. The van der Waals surface area contributed by atoms with Gasteiger partial charge in [0, 0.05) is 25.5 Å². The van der Waals surface area contributed by atoms with Crippen molar-refractivity contribution in [2.45, 2.75) is 13.3 Å². The lowest BCUT2D eigenvalue weighted by molar-refractivity contribution is 0.345. The topological polar surface area (TPSA) is 97.8 Å². The summed E-state index contributed by atoms with van der Waals surface area (Å²) in [6.07, 6.45) is 6.28. The van der Waals surface area contributed by atoms with Gasteiger partial charge in [0.05, 0.1) is 0 Å². The molecule has 0 aliphatic carbocycles. The van der Waals surface area contributed by atoms with Gasteiger partial charge in [0.25, 0.3) is 0 Å². The highest BCUT2D eigenvalue weighted by molar-refractivity contribution is 5.35. The van der Waals surface area contributed by atoms with Crippen LogP contribution in [0.3, 0.4) is 0 Å². The molecule has 0 amide bonds. The first kappa shape index (κ1) is 13.7. The summed E-state index contributed by atoms with van der Waals surface area (Å²) >= 11 is 0. The van der Waals surface area contributed by atoms with Gasteiger partial charge in [-0.3, -0.25) is 4.57 Å². The Morgan fingerprint density at radius 1 is 1.38 bits per heavy atom. The lowest BCUT2D eigenvalue weighted by Crippen LogP contribution is -2.23. The number of anilines is 2. The van der Waals surface area contributed by atoms with Crippen molar-refractivity contribution in [1.82, 2.24) is 29.4 Å². The van der Waals surface area contributed by atoms with Gasteiger partial charge >= 0.3 is 0 Å². The van der Waals surface area contributed by atoms with Gasteiger partial charge in [-0.15, -0.1) is 0 Å². The molecule has 1 atom stereocenters. The number of nitrogens with zero attached hydrogens (tertiary/aromatic N) is 6. The number of hydrogen-bond donors (Lipinski definition) is 2.